The van der Waals surface area contributed by atoms with Crippen molar-refractivity contribution in [3.05, 3.63) is 0 Å². The molecule has 0 aromatic heterocycles. The van der Waals surface area contributed by atoms with Crippen molar-refractivity contribution >= 4 is 36.6 Å². The van der Waals surface area contributed by atoms with E-state index in [1.807, 2.05) is 16.7 Å². The van der Waals surface area contributed by atoms with Crippen LogP contribution in [-0.2, 0) is 9.59 Å². The van der Waals surface area contributed by atoms with Crippen LogP contribution in [0.1, 0.15) is 51.9 Å². The van der Waals surface area contributed by atoms with Crippen LogP contribution in [0, 0.1) is 5.92 Å². The van der Waals surface area contributed by atoms with Crippen LogP contribution in [0.15, 0.2) is 0 Å². The zero-order chi connectivity index (χ0) is 17.9. The van der Waals surface area contributed by atoms with Gasteiger partial charge in [-0.25, -0.2) is 0 Å². The summed E-state index contributed by atoms with van der Waals surface area (Å²) in [6, 6.07) is 0. The third-order valence-corrected chi connectivity index (χ3v) is 6.27. The third kappa shape index (κ3) is 6.21. The van der Waals surface area contributed by atoms with Crippen LogP contribution in [-0.4, -0.2) is 77.9 Å². The second-order valence-corrected chi connectivity index (χ2v) is 8.35. The van der Waals surface area contributed by atoms with E-state index in [9.17, 15) is 9.59 Å². The highest BCUT2D eigenvalue weighted by Gasteiger charge is 2.40. The molecule has 8 heteroatoms. The van der Waals surface area contributed by atoms with E-state index in [4.69, 9.17) is 5.73 Å². The fraction of sp³-hybridized carbons (Fsp3) is 0.895. The van der Waals surface area contributed by atoms with E-state index in [1.165, 1.54) is 0 Å². The van der Waals surface area contributed by atoms with Gasteiger partial charge in [0.15, 0.2) is 0 Å². The number of nitrogens with two attached hydrogens (primary N) is 1. The Kier molecular flexibility index (Phi) is 9.83. The first-order chi connectivity index (χ1) is 12.0. The SMILES string of the molecule is CC1(N)CCCCC1C(=O)N1CCCN(CC(=O)N2CCCC2)CC1.Cl.Cl. The summed E-state index contributed by atoms with van der Waals surface area (Å²) in [6.07, 6.45) is 7.29. The fourth-order valence-electron chi connectivity index (χ4n) is 4.59. The molecule has 158 valence electrons. The molecule has 3 fully saturated rings. The molecule has 2 saturated heterocycles. The zero-order valence-corrected chi connectivity index (χ0v) is 18.2. The molecule has 2 atom stereocenters. The first-order valence-electron chi connectivity index (χ1n) is 10.1. The van der Waals surface area contributed by atoms with Crippen LogP contribution in [0.3, 0.4) is 0 Å². The molecule has 6 nitrogen and oxygen atoms in total. The van der Waals surface area contributed by atoms with Crippen LogP contribution in [0.4, 0.5) is 0 Å². The first-order valence-corrected chi connectivity index (χ1v) is 10.1. The lowest BCUT2D eigenvalue weighted by atomic mass is 9.74. The molecule has 0 aromatic carbocycles. The molecule has 2 N–H and O–H groups in total. The van der Waals surface area contributed by atoms with E-state index in [0.717, 1.165) is 84.2 Å². The van der Waals surface area contributed by atoms with Crippen LogP contribution >= 0.6 is 24.8 Å². The van der Waals surface area contributed by atoms with Crippen LogP contribution in [0.2, 0.25) is 0 Å². The van der Waals surface area contributed by atoms with Gasteiger partial charge in [-0.1, -0.05) is 12.8 Å². The van der Waals surface area contributed by atoms with Crippen molar-refractivity contribution in [2.45, 2.75) is 57.4 Å². The molecule has 0 aromatic rings. The third-order valence-electron chi connectivity index (χ3n) is 6.27. The Morgan fingerprint density at radius 2 is 1.56 bits per heavy atom. The molecular formula is C19H36Cl2N4O2. The summed E-state index contributed by atoms with van der Waals surface area (Å²) in [5.41, 5.74) is 6.06. The van der Waals surface area contributed by atoms with E-state index < -0.39 is 0 Å². The summed E-state index contributed by atoms with van der Waals surface area (Å²) in [4.78, 5) is 31.6. The number of nitrogens with zero attached hydrogens (tertiary/aromatic N) is 3. The molecule has 0 spiro atoms. The molecule has 1 aliphatic carbocycles. The average molecular weight is 423 g/mol. The molecule has 0 bridgehead atoms. The monoisotopic (exact) mass is 422 g/mol. The lowest BCUT2D eigenvalue weighted by Crippen LogP contribution is -2.54. The lowest BCUT2D eigenvalue weighted by Gasteiger charge is -2.39. The van der Waals surface area contributed by atoms with Gasteiger partial charge in [0.05, 0.1) is 12.5 Å². The molecule has 1 saturated carbocycles. The maximum absolute atomic E-state index is 13.0. The van der Waals surface area contributed by atoms with Crippen LogP contribution in [0.5, 0.6) is 0 Å². The van der Waals surface area contributed by atoms with Gasteiger partial charge in [-0.2, -0.15) is 0 Å². The Bertz CT molecular complexity index is 498. The van der Waals surface area contributed by atoms with Crippen molar-refractivity contribution < 1.29 is 9.59 Å². The minimum Gasteiger partial charge on any atom is -0.342 e. The molecule has 3 rings (SSSR count). The molecular weight excluding hydrogens is 387 g/mol. The van der Waals surface area contributed by atoms with Gasteiger partial charge in [-0.05, 0) is 39.0 Å². The fourth-order valence-corrected chi connectivity index (χ4v) is 4.59. The number of halogens is 2. The molecule has 2 heterocycles. The van der Waals surface area contributed by atoms with E-state index in [-0.39, 0.29) is 48.1 Å². The number of rotatable bonds is 3. The number of hydrogen-bond donors (Lipinski definition) is 1. The van der Waals surface area contributed by atoms with Gasteiger partial charge in [-0.3, -0.25) is 14.5 Å². The Morgan fingerprint density at radius 3 is 2.22 bits per heavy atom. The highest BCUT2D eigenvalue weighted by atomic mass is 35.5. The van der Waals surface area contributed by atoms with Crippen molar-refractivity contribution in [2.24, 2.45) is 11.7 Å². The van der Waals surface area contributed by atoms with Gasteiger partial charge >= 0.3 is 0 Å². The standard InChI is InChI=1S/C19H34N4O2.2ClH/c1-19(20)8-3-2-7-16(19)18(25)23-12-6-9-21(13-14-23)15-17(24)22-10-4-5-11-22;;/h16H,2-15,20H2,1H3;2*1H. The Balaban J connectivity index is 0.00000182. The molecule has 27 heavy (non-hydrogen) atoms. The van der Waals surface area contributed by atoms with Gasteiger partial charge in [0, 0.05) is 44.8 Å². The maximum atomic E-state index is 13.0. The number of carbonyl (C=O) groups excluding carboxylic acids is 2. The summed E-state index contributed by atoms with van der Waals surface area (Å²) in [6.45, 7) is 7.56. The second kappa shape index (κ2) is 10.8. The predicted octanol–water partition coefficient (Wildman–Crippen LogP) is 1.89. The van der Waals surface area contributed by atoms with E-state index >= 15 is 0 Å². The molecule has 3 aliphatic rings. The molecule has 2 amide bonds. The summed E-state index contributed by atoms with van der Waals surface area (Å²) in [7, 11) is 0. The quantitative estimate of drug-likeness (QED) is 0.753. The van der Waals surface area contributed by atoms with Gasteiger partial charge in [0.25, 0.3) is 0 Å². The number of carbonyl (C=O) groups is 2. The second-order valence-electron chi connectivity index (χ2n) is 8.35. The Labute approximate surface area is 176 Å². The average Bonchev–Trinajstić information content (AvgIpc) is 3.02. The largest absolute Gasteiger partial charge is 0.342 e. The van der Waals surface area contributed by atoms with Gasteiger partial charge in [0.2, 0.25) is 11.8 Å². The molecule has 2 aliphatic heterocycles. The number of amides is 2. The minimum absolute atomic E-state index is 0. The van der Waals surface area contributed by atoms with E-state index in [1.54, 1.807) is 0 Å². The lowest BCUT2D eigenvalue weighted by molar-refractivity contribution is -0.138. The minimum atomic E-state index is -0.368. The summed E-state index contributed by atoms with van der Waals surface area (Å²) < 4.78 is 0. The summed E-state index contributed by atoms with van der Waals surface area (Å²) in [5, 5.41) is 0. The number of hydrogen-bond acceptors (Lipinski definition) is 4. The van der Waals surface area contributed by atoms with E-state index in [2.05, 4.69) is 4.90 Å². The molecule has 2 unspecified atom stereocenters. The topological polar surface area (TPSA) is 69.9 Å². The number of likely N-dealkylation sites (tertiary alicyclic amines) is 1. The first kappa shape index (κ1) is 24.5. The van der Waals surface area contributed by atoms with Gasteiger partial charge in [0.1, 0.15) is 0 Å². The normalized spacial score (nSPS) is 29.5. The van der Waals surface area contributed by atoms with Crippen molar-refractivity contribution in [1.82, 2.24) is 14.7 Å². The Morgan fingerprint density at radius 1 is 0.889 bits per heavy atom. The summed E-state index contributed by atoms with van der Waals surface area (Å²) >= 11 is 0. The van der Waals surface area contributed by atoms with E-state index in [0.29, 0.717) is 6.54 Å². The maximum Gasteiger partial charge on any atom is 0.236 e. The highest BCUT2D eigenvalue weighted by Crippen LogP contribution is 2.33. The summed E-state index contributed by atoms with van der Waals surface area (Å²) in [5.74, 6) is 0.440. The van der Waals surface area contributed by atoms with Crippen molar-refractivity contribution in [3.63, 3.8) is 0 Å². The van der Waals surface area contributed by atoms with Crippen molar-refractivity contribution in [2.75, 3.05) is 45.8 Å². The highest BCUT2D eigenvalue weighted by molar-refractivity contribution is 5.85. The van der Waals surface area contributed by atoms with Crippen LogP contribution < -0.4 is 5.73 Å². The smallest absolute Gasteiger partial charge is 0.236 e. The van der Waals surface area contributed by atoms with Gasteiger partial charge in [-0.15, -0.1) is 24.8 Å². The van der Waals surface area contributed by atoms with Crippen molar-refractivity contribution in [1.29, 1.82) is 0 Å². The van der Waals surface area contributed by atoms with Crippen molar-refractivity contribution in [3.8, 4) is 0 Å². The zero-order valence-electron chi connectivity index (χ0n) is 16.5. The molecule has 0 radical (unpaired) electrons. The Hall–Kier alpha value is -0.560. The van der Waals surface area contributed by atoms with Crippen LogP contribution in [0.25, 0.3) is 0 Å². The predicted molar refractivity (Wildman–Crippen MR) is 112 cm³/mol. The van der Waals surface area contributed by atoms with Gasteiger partial charge < -0.3 is 15.5 Å².